The number of halogens is 3. The van der Waals surface area contributed by atoms with Crippen molar-refractivity contribution < 1.29 is 22.7 Å². The van der Waals surface area contributed by atoms with Crippen molar-refractivity contribution in [1.82, 2.24) is 20.2 Å². The first-order valence-corrected chi connectivity index (χ1v) is 10.3. The number of carbonyl (C=O) groups is 1. The lowest BCUT2D eigenvalue weighted by atomic mass is 10.1. The predicted molar refractivity (Wildman–Crippen MR) is 114 cm³/mol. The quantitative estimate of drug-likeness (QED) is 0.314. The number of hydrogen-bond acceptors (Lipinski definition) is 6. The van der Waals surface area contributed by atoms with Gasteiger partial charge in [-0.1, -0.05) is 12.1 Å². The number of benzene rings is 2. The van der Waals surface area contributed by atoms with Crippen LogP contribution in [0, 0.1) is 0 Å². The van der Waals surface area contributed by atoms with Crippen molar-refractivity contribution >= 4 is 34.4 Å². The Labute approximate surface area is 184 Å². The van der Waals surface area contributed by atoms with Crippen LogP contribution in [0.1, 0.15) is 21.5 Å². The number of H-pyrrole nitrogens is 1. The van der Waals surface area contributed by atoms with Crippen LogP contribution in [0.15, 0.2) is 60.0 Å². The number of carbonyl (C=O) groups excluding carboxylic acids is 1. The fraction of sp³-hybridized carbons (Fsp3) is 0.143. The minimum absolute atomic E-state index is 0.0197. The van der Waals surface area contributed by atoms with Gasteiger partial charge in [0.25, 0.3) is 5.91 Å². The Bertz CT molecular complexity index is 1280. The molecule has 1 amide bonds. The smallest absolute Gasteiger partial charge is 0.420 e. The molecule has 7 nitrogen and oxygen atoms in total. The standard InChI is InChI=1S/C21H16F3N5O2S/c1-31-17-6-5-14(8-16(17)21(22,23)24)28-19(30)13-4-2-3-12(7-13)10-32-20-15-9-27-29-18(15)25-11-26-20/h2-9,11H,10H2,1H3,(H,28,30)(H,25,26,27,29). The summed E-state index contributed by atoms with van der Waals surface area (Å²) in [6, 6.07) is 10.2. The van der Waals surface area contributed by atoms with E-state index in [-0.39, 0.29) is 11.4 Å². The van der Waals surface area contributed by atoms with Crippen LogP contribution < -0.4 is 10.1 Å². The van der Waals surface area contributed by atoms with Gasteiger partial charge in [-0.15, -0.1) is 11.8 Å². The molecule has 164 valence electrons. The summed E-state index contributed by atoms with van der Waals surface area (Å²) in [5, 5.41) is 10.8. The molecule has 0 spiro atoms. The second kappa shape index (κ2) is 8.87. The molecule has 0 unspecified atom stereocenters. The highest BCUT2D eigenvalue weighted by Gasteiger charge is 2.34. The highest BCUT2D eigenvalue weighted by Crippen LogP contribution is 2.37. The Morgan fingerprint density at radius 1 is 1.19 bits per heavy atom. The van der Waals surface area contributed by atoms with Gasteiger partial charge in [0.2, 0.25) is 0 Å². The topological polar surface area (TPSA) is 92.8 Å². The van der Waals surface area contributed by atoms with Crippen LogP contribution in [0.2, 0.25) is 0 Å². The van der Waals surface area contributed by atoms with Gasteiger partial charge < -0.3 is 10.1 Å². The first-order chi connectivity index (χ1) is 15.3. The summed E-state index contributed by atoms with van der Waals surface area (Å²) < 4.78 is 44.4. The van der Waals surface area contributed by atoms with Crippen LogP contribution in [0.25, 0.3) is 11.0 Å². The number of ether oxygens (including phenoxy) is 1. The zero-order valence-electron chi connectivity index (χ0n) is 16.6. The van der Waals surface area contributed by atoms with Gasteiger partial charge in [-0.2, -0.15) is 18.3 Å². The maximum absolute atomic E-state index is 13.2. The molecule has 4 rings (SSSR count). The predicted octanol–water partition coefficient (Wildman–Crippen LogP) is 4.92. The van der Waals surface area contributed by atoms with Crippen molar-refractivity contribution in [3.05, 3.63) is 71.7 Å². The number of amides is 1. The molecule has 0 saturated carbocycles. The van der Waals surface area contributed by atoms with Crippen molar-refractivity contribution in [3.8, 4) is 5.75 Å². The molecule has 0 atom stereocenters. The summed E-state index contributed by atoms with van der Waals surface area (Å²) >= 11 is 1.46. The molecule has 0 bridgehead atoms. The molecule has 2 aromatic heterocycles. The molecule has 11 heteroatoms. The second-order valence-corrected chi connectivity index (χ2v) is 7.63. The van der Waals surface area contributed by atoms with E-state index in [2.05, 4.69) is 25.5 Å². The molecule has 32 heavy (non-hydrogen) atoms. The third-order valence-corrected chi connectivity index (χ3v) is 5.62. The van der Waals surface area contributed by atoms with Crippen molar-refractivity contribution in [1.29, 1.82) is 0 Å². The SMILES string of the molecule is COc1ccc(NC(=O)c2cccc(CSc3ncnc4[nH]ncc34)c2)cc1C(F)(F)F. The molecule has 0 aliphatic rings. The number of fused-ring (bicyclic) bond motifs is 1. The van der Waals surface area contributed by atoms with Gasteiger partial charge in [0, 0.05) is 17.0 Å². The van der Waals surface area contributed by atoms with E-state index < -0.39 is 17.6 Å². The summed E-state index contributed by atoms with van der Waals surface area (Å²) in [5.74, 6) is -0.306. The molecule has 4 aromatic rings. The number of nitrogens with one attached hydrogen (secondary N) is 2. The molecule has 0 radical (unpaired) electrons. The average molecular weight is 459 g/mol. The van der Waals surface area contributed by atoms with Crippen molar-refractivity contribution in [2.75, 3.05) is 12.4 Å². The fourth-order valence-corrected chi connectivity index (χ4v) is 3.93. The van der Waals surface area contributed by atoms with E-state index in [1.165, 1.54) is 30.2 Å². The summed E-state index contributed by atoms with van der Waals surface area (Å²) in [7, 11) is 1.16. The molecule has 2 N–H and O–H groups in total. The van der Waals surface area contributed by atoms with E-state index in [1.54, 1.807) is 24.4 Å². The van der Waals surface area contributed by atoms with Gasteiger partial charge in [0.05, 0.1) is 24.3 Å². The number of aromatic amines is 1. The van der Waals surface area contributed by atoms with E-state index in [0.29, 0.717) is 17.0 Å². The lowest BCUT2D eigenvalue weighted by Crippen LogP contribution is -2.14. The van der Waals surface area contributed by atoms with Gasteiger partial charge in [0.15, 0.2) is 5.65 Å². The number of thioether (sulfide) groups is 1. The molecule has 2 heterocycles. The average Bonchev–Trinajstić information content (AvgIpc) is 3.27. The second-order valence-electron chi connectivity index (χ2n) is 6.67. The van der Waals surface area contributed by atoms with Crippen LogP contribution >= 0.6 is 11.8 Å². The Balaban J connectivity index is 1.48. The van der Waals surface area contributed by atoms with E-state index in [0.717, 1.165) is 29.2 Å². The van der Waals surface area contributed by atoms with Crippen LogP contribution in [-0.2, 0) is 11.9 Å². The van der Waals surface area contributed by atoms with Gasteiger partial charge in [-0.25, -0.2) is 9.97 Å². The maximum atomic E-state index is 13.2. The summed E-state index contributed by atoms with van der Waals surface area (Å²) in [6.45, 7) is 0. The molecule has 2 aromatic carbocycles. The molecule has 0 aliphatic heterocycles. The summed E-state index contributed by atoms with van der Waals surface area (Å²) in [4.78, 5) is 21.0. The monoisotopic (exact) mass is 459 g/mol. The third-order valence-electron chi connectivity index (χ3n) is 4.54. The van der Waals surface area contributed by atoms with Crippen molar-refractivity contribution in [2.45, 2.75) is 17.0 Å². The summed E-state index contributed by atoms with van der Waals surface area (Å²) in [5.41, 5.74) is 0.866. The minimum Gasteiger partial charge on any atom is -0.496 e. The highest BCUT2D eigenvalue weighted by molar-refractivity contribution is 7.98. The van der Waals surface area contributed by atoms with E-state index >= 15 is 0 Å². The zero-order chi connectivity index (χ0) is 22.7. The van der Waals surface area contributed by atoms with Crippen LogP contribution in [0.4, 0.5) is 18.9 Å². The number of anilines is 1. The van der Waals surface area contributed by atoms with Gasteiger partial charge >= 0.3 is 6.18 Å². The lowest BCUT2D eigenvalue weighted by Gasteiger charge is -2.14. The lowest BCUT2D eigenvalue weighted by molar-refractivity contribution is -0.138. The number of methoxy groups -OCH3 is 1. The van der Waals surface area contributed by atoms with E-state index in [4.69, 9.17) is 4.74 Å². The third kappa shape index (κ3) is 4.67. The maximum Gasteiger partial charge on any atom is 0.420 e. The van der Waals surface area contributed by atoms with E-state index in [9.17, 15) is 18.0 Å². The number of aromatic nitrogens is 4. The first-order valence-electron chi connectivity index (χ1n) is 9.27. The van der Waals surface area contributed by atoms with Gasteiger partial charge in [-0.3, -0.25) is 9.89 Å². The highest BCUT2D eigenvalue weighted by atomic mass is 32.2. The first kappa shape index (κ1) is 21.6. The summed E-state index contributed by atoms with van der Waals surface area (Å²) in [6.07, 6.45) is -1.52. The van der Waals surface area contributed by atoms with Crippen LogP contribution in [0.5, 0.6) is 5.75 Å². The van der Waals surface area contributed by atoms with Crippen molar-refractivity contribution in [3.63, 3.8) is 0 Å². The Kier molecular flexibility index (Phi) is 5.99. The largest absolute Gasteiger partial charge is 0.496 e. The molecular weight excluding hydrogens is 443 g/mol. The van der Waals surface area contributed by atoms with Gasteiger partial charge in [-0.05, 0) is 35.9 Å². The minimum atomic E-state index is -4.61. The Morgan fingerprint density at radius 3 is 2.81 bits per heavy atom. The number of hydrogen-bond donors (Lipinski definition) is 2. The molecule has 0 saturated heterocycles. The van der Waals surface area contributed by atoms with Crippen LogP contribution in [0.3, 0.4) is 0 Å². The van der Waals surface area contributed by atoms with Gasteiger partial charge in [0.1, 0.15) is 17.1 Å². The molecule has 0 fully saturated rings. The molecular formula is C21H16F3N5O2S. The van der Waals surface area contributed by atoms with Crippen molar-refractivity contribution in [2.24, 2.45) is 0 Å². The number of nitrogens with zero attached hydrogens (tertiary/aromatic N) is 3. The molecule has 0 aliphatic carbocycles. The number of alkyl halides is 3. The number of rotatable bonds is 6. The fourth-order valence-electron chi connectivity index (χ4n) is 3.02. The Morgan fingerprint density at radius 2 is 2.03 bits per heavy atom. The zero-order valence-corrected chi connectivity index (χ0v) is 17.4. The normalized spacial score (nSPS) is 11.5. The van der Waals surface area contributed by atoms with Crippen LogP contribution in [-0.4, -0.2) is 33.2 Å². The Hall–Kier alpha value is -3.60. The van der Waals surface area contributed by atoms with E-state index in [1.807, 2.05) is 6.07 Å².